The minimum atomic E-state index is -0.178. The van der Waals surface area contributed by atoms with E-state index in [1.807, 2.05) is 12.1 Å². The maximum Gasteiger partial charge on any atom is 0.0705 e. The van der Waals surface area contributed by atoms with Gasteiger partial charge in [0.25, 0.3) is 0 Å². The van der Waals surface area contributed by atoms with E-state index in [2.05, 4.69) is 48.2 Å². The number of aliphatic hydroxyl groups excluding tert-OH is 1. The molecule has 0 radical (unpaired) electrons. The van der Waals surface area contributed by atoms with Gasteiger partial charge in [-0.25, -0.2) is 0 Å². The van der Waals surface area contributed by atoms with E-state index in [1.54, 1.807) is 0 Å². The molecular formula is C18H25N3O. The number of rotatable bonds is 4. The minimum Gasteiger partial charge on any atom is -0.393 e. The van der Waals surface area contributed by atoms with Crippen LogP contribution in [0.1, 0.15) is 12.1 Å². The lowest BCUT2D eigenvalue weighted by Crippen LogP contribution is -2.45. The lowest BCUT2D eigenvalue weighted by Gasteiger charge is -2.36. The average molecular weight is 299 g/mol. The van der Waals surface area contributed by atoms with Crippen LogP contribution >= 0.6 is 0 Å². The van der Waals surface area contributed by atoms with Gasteiger partial charge in [0, 0.05) is 37.5 Å². The van der Waals surface area contributed by atoms with Crippen LogP contribution in [0.2, 0.25) is 0 Å². The third-order valence-electron chi connectivity index (χ3n) is 4.53. The van der Waals surface area contributed by atoms with Gasteiger partial charge in [0.05, 0.1) is 17.3 Å². The van der Waals surface area contributed by atoms with Gasteiger partial charge in [-0.3, -0.25) is 4.98 Å². The monoisotopic (exact) mass is 299 g/mol. The summed E-state index contributed by atoms with van der Waals surface area (Å²) >= 11 is 0. The number of aliphatic hydroxyl groups is 1. The van der Waals surface area contributed by atoms with Gasteiger partial charge < -0.3 is 14.9 Å². The van der Waals surface area contributed by atoms with Gasteiger partial charge in [-0.05, 0) is 32.6 Å². The number of aromatic nitrogens is 1. The smallest absolute Gasteiger partial charge is 0.0705 e. The Kier molecular flexibility index (Phi) is 4.71. The quantitative estimate of drug-likeness (QED) is 0.937. The van der Waals surface area contributed by atoms with Crippen LogP contribution in [0.4, 0.5) is 0 Å². The lowest BCUT2D eigenvalue weighted by molar-refractivity contribution is 0.0204. The molecule has 2 aromatic rings. The number of hydrogen-bond donors (Lipinski definition) is 1. The zero-order valence-electron chi connectivity index (χ0n) is 13.4. The topological polar surface area (TPSA) is 39.6 Å². The number of benzene rings is 1. The molecule has 1 aromatic carbocycles. The summed E-state index contributed by atoms with van der Waals surface area (Å²) < 4.78 is 0. The second-order valence-corrected chi connectivity index (χ2v) is 6.57. The van der Waals surface area contributed by atoms with Crippen molar-refractivity contribution in [3.8, 4) is 0 Å². The van der Waals surface area contributed by atoms with Crippen molar-refractivity contribution in [2.45, 2.75) is 19.1 Å². The van der Waals surface area contributed by atoms with Gasteiger partial charge in [0.2, 0.25) is 0 Å². The zero-order chi connectivity index (χ0) is 15.5. The Morgan fingerprint density at radius 3 is 2.95 bits per heavy atom. The van der Waals surface area contributed by atoms with Crippen LogP contribution in [-0.2, 0) is 6.54 Å². The predicted octanol–water partition coefficient (Wildman–Crippen LogP) is 1.98. The summed E-state index contributed by atoms with van der Waals surface area (Å²) in [5, 5.41) is 11.4. The Labute approximate surface area is 132 Å². The van der Waals surface area contributed by atoms with Crippen LogP contribution in [0.5, 0.6) is 0 Å². The van der Waals surface area contributed by atoms with E-state index in [1.165, 1.54) is 5.39 Å². The highest BCUT2D eigenvalue weighted by Gasteiger charge is 2.26. The van der Waals surface area contributed by atoms with Gasteiger partial charge in [0.1, 0.15) is 0 Å². The maximum absolute atomic E-state index is 10.2. The molecule has 0 bridgehead atoms. The molecule has 3 rings (SSSR count). The molecule has 2 heterocycles. The van der Waals surface area contributed by atoms with E-state index in [0.717, 1.165) is 43.8 Å². The fraction of sp³-hybridized carbons (Fsp3) is 0.500. The fourth-order valence-corrected chi connectivity index (χ4v) is 3.32. The summed E-state index contributed by atoms with van der Waals surface area (Å²) in [5.74, 6) is 0.323. The molecule has 0 spiro atoms. The molecule has 1 aliphatic rings. The summed E-state index contributed by atoms with van der Waals surface area (Å²) in [7, 11) is 4.24. The van der Waals surface area contributed by atoms with Crippen molar-refractivity contribution in [2.75, 3.05) is 33.7 Å². The molecule has 1 aliphatic heterocycles. The number of fused-ring (bicyclic) bond motifs is 1. The predicted molar refractivity (Wildman–Crippen MR) is 89.7 cm³/mol. The Morgan fingerprint density at radius 2 is 2.09 bits per heavy atom. The van der Waals surface area contributed by atoms with Crippen molar-refractivity contribution in [2.24, 2.45) is 5.92 Å². The molecule has 0 aliphatic carbocycles. The molecule has 1 aromatic heterocycles. The molecule has 0 amide bonds. The van der Waals surface area contributed by atoms with Crippen LogP contribution in [-0.4, -0.2) is 59.7 Å². The number of pyridine rings is 1. The number of hydrogen-bond acceptors (Lipinski definition) is 4. The van der Waals surface area contributed by atoms with E-state index >= 15 is 0 Å². The van der Waals surface area contributed by atoms with E-state index in [0.29, 0.717) is 5.92 Å². The first-order valence-corrected chi connectivity index (χ1v) is 8.01. The Hall–Kier alpha value is -1.49. The molecule has 4 heteroatoms. The summed E-state index contributed by atoms with van der Waals surface area (Å²) in [6, 6.07) is 12.4. The molecule has 0 saturated carbocycles. The minimum absolute atomic E-state index is 0.178. The Bertz CT molecular complexity index is 631. The molecule has 22 heavy (non-hydrogen) atoms. The lowest BCUT2D eigenvalue weighted by atomic mass is 9.94. The molecule has 1 saturated heterocycles. The first-order valence-electron chi connectivity index (χ1n) is 8.01. The van der Waals surface area contributed by atoms with Crippen LogP contribution in [0.25, 0.3) is 10.9 Å². The summed E-state index contributed by atoms with van der Waals surface area (Å²) in [6.45, 7) is 3.68. The molecule has 0 unspecified atom stereocenters. The van der Waals surface area contributed by atoms with Crippen LogP contribution in [0.3, 0.4) is 0 Å². The number of piperidine rings is 1. The van der Waals surface area contributed by atoms with Gasteiger partial charge in [-0.15, -0.1) is 0 Å². The van der Waals surface area contributed by atoms with Crippen molar-refractivity contribution in [1.82, 2.24) is 14.8 Å². The van der Waals surface area contributed by atoms with Crippen molar-refractivity contribution in [1.29, 1.82) is 0 Å². The maximum atomic E-state index is 10.2. The van der Waals surface area contributed by atoms with Crippen molar-refractivity contribution in [3.05, 3.63) is 42.1 Å². The van der Waals surface area contributed by atoms with Crippen LogP contribution in [0.15, 0.2) is 36.4 Å². The first kappa shape index (κ1) is 15.4. The normalized spacial score (nSPS) is 23.3. The zero-order valence-corrected chi connectivity index (χ0v) is 13.4. The van der Waals surface area contributed by atoms with E-state index in [9.17, 15) is 5.11 Å². The van der Waals surface area contributed by atoms with Gasteiger partial charge >= 0.3 is 0 Å². The molecule has 1 fully saturated rings. The average Bonchev–Trinajstić information content (AvgIpc) is 2.51. The highest BCUT2D eigenvalue weighted by molar-refractivity contribution is 5.78. The largest absolute Gasteiger partial charge is 0.393 e. The highest BCUT2D eigenvalue weighted by Crippen LogP contribution is 2.18. The van der Waals surface area contributed by atoms with E-state index < -0.39 is 0 Å². The van der Waals surface area contributed by atoms with Crippen molar-refractivity contribution in [3.63, 3.8) is 0 Å². The van der Waals surface area contributed by atoms with Crippen molar-refractivity contribution < 1.29 is 5.11 Å². The van der Waals surface area contributed by atoms with Gasteiger partial charge in [-0.2, -0.15) is 0 Å². The van der Waals surface area contributed by atoms with Gasteiger partial charge in [-0.1, -0.05) is 24.3 Å². The second kappa shape index (κ2) is 6.73. The summed E-state index contributed by atoms with van der Waals surface area (Å²) in [5.41, 5.74) is 2.13. The summed E-state index contributed by atoms with van der Waals surface area (Å²) in [6.07, 6.45) is 0.701. The molecule has 2 atom stereocenters. The molecular weight excluding hydrogens is 274 g/mol. The van der Waals surface area contributed by atoms with E-state index in [-0.39, 0.29) is 6.10 Å². The van der Waals surface area contributed by atoms with Crippen molar-refractivity contribution >= 4 is 10.9 Å². The van der Waals surface area contributed by atoms with E-state index in [4.69, 9.17) is 4.98 Å². The van der Waals surface area contributed by atoms with Crippen LogP contribution in [0, 0.1) is 5.92 Å². The highest BCUT2D eigenvalue weighted by atomic mass is 16.3. The fourth-order valence-electron chi connectivity index (χ4n) is 3.32. The SMILES string of the molecule is CN1CC[C@@H](O)[C@H](CN(C)Cc2ccc3ccccc3n2)C1. The second-order valence-electron chi connectivity index (χ2n) is 6.57. The number of nitrogens with zero attached hydrogens (tertiary/aromatic N) is 3. The number of likely N-dealkylation sites (tertiary alicyclic amines) is 1. The Morgan fingerprint density at radius 1 is 1.27 bits per heavy atom. The number of para-hydroxylation sites is 1. The Balaban J connectivity index is 1.63. The molecule has 1 N–H and O–H groups in total. The molecule has 118 valence electrons. The van der Waals surface area contributed by atoms with Gasteiger partial charge in [0.15, 0.2) is 0 Å². The first-order chi connectivity index (χ1) is 10.6. The molecule has 4 nitrogen and oxygen atoms in total. The van der Waals surface area contributed by atoms with Crippen LogP contribution < -0.4 is 0 Å². The third kappa shape index (κ3) is 3.64. The third-order valence-corrected chi connectivity index (χ3v) is 4.53. The summed E-state index contributed by atoms with van der Waals surface area (Å²) in [4.78, 5) is 9.30. The standard InChI is InChI=1S/C18H25N3O/c1-20-10-9-18(22)15(11-20)12-21(2)13-16-8-7-14-5-3-4-6-17(14)19-16/h3-8,15,18,22H,9-13H2,1-2H3/t15-,18+/m0/s1.